The van der Waals surface area contributed by atoms with Gasteiger partial charge in [-0.1, -0.05) is 30.3 Å². The van der Waals surface area contributed by atoms with Crippen molar-refractivity contribution in [2.24, 2.45) is 0 Å². The molecule has 2 N–H and O–H groups in total. The lowest BCUT2D eigenvalue weighted by atomic mass is 10.1. The summed E-state index contributed by atoms with van der Waals surface area (Å²) in [5.41, 5.74) is 0.712. The Hall–Kier alpha value is -3.87. The van der Waals surface area contributed by atoms with E-state index in [9.17, 15) is 24.3 Å². The van der Waals surface area contributed by atoms with Crippen molar-refractivity contribution in [3.63, 3.8) is 0 Å². The van der Waals surface area contributed by atoms with Gasteiger partial charge in [0.25, 0.3) is 5.91 Å². The van der Waals surface area contributed by atoms with Crippen molar-refractivity contribution in [2.45, 2.75) is 44.8 Å². The van der Waals surface area contributed by atoms with Crippen LogP contribution >= 0.6 is 11.8 Å². The van der Waals surface area contributed by atoms with Crippen molar-refractivity contribution in [2.75, 3.05) is 44.3 Å². The van der Waals surface area contributed by atoms with E-state index in [0.29, 0.717) is 11.4 Å². The molecule has 0 bridgehead atoms. The Labute approximate surface area is 242 Å². The molecule has 2 aromatic rings. The summed E-state index contributed by atoms with van der Waals surface area (Å²) in [6.07, 6.45) is 0.852. The maximum Gasteiger partial charge on any atom is 0.409 e. The van der Waals surface area contributed by atoms with Gasteiger partial charge in [0.15, 0.2) is 5.82 Å². The number of piperazine rings is 1. The molecule has 2 fully saturated rings. The molecule has 1 aromatic heterocycles. The second-order valence-electron chi connectivity index (χ2n) is 9.68. The first-order valence-electron chi connectivity index (χ1n) is 13.8. The predicted molar refractivity (Wildman–Crippen MR) is 152 cm³/mol. The van der Waals surface area contributed by atoms with Gasteiger partial charge in [0.05, 0.1) is 6.61 Å². The fourth-order valence-electron chi connectivity index (χ4n) is 4.58. The van der Waals surface area contributed by atoms with Crippen LogP contribution in [0.3, 0.4) is 0 Å². The number of carbonyl (C=O) groups excluding carboxylic acids is 3. The number of nitrogens with zero attached hydrogens (tertiary/aromatic N) is 4. The van der Waals surface area contributed by atoms with Gasteiger partial charge < -0.3 is 29.7 Å². The number of amides is 3. The maximum absolute atomic E-state index is 13.5. The smallest absolute Gasteiger partial charge is 0.409 e. The molecule has 1 aromatic carbocycles. The monoisotopic (exact) mass is 585 g/mol. The molecular formula is C28H35N5O7S. The van der Waals surface area contributed by atoms with Gasteiger partial charge in [-0.25, -0.2) is 9.78 Å². The molecule has 12 nitrogen and oxygen atoms in total. The van der Waals surface area contributed by atoms with Crippen LogP contribution in [0.5, 0.6) is 5.88 Å². The molecule has 0 spiro atoms. The van der Waals surface area contributed by atoms with Gasteiger partial charge in [-0.2, -0.15) is 16.7 Å². The molecular weight excluding hydrogens is 550 g/mol. The average Bonchev–Trinajstić information content (AvgIpc) is 2.99. The van der Waals surface area contributed by atoms with E-state index in [4.69, 9.17) is 9.47 Å². The molecule has 4 rings (SSSR count). The number of aromatic nitrogens is 2. The summed E-state index contributed by atoms with van der Waals surface area (Å²) in [5, 5.41) is 12.0. The highest BCUT2D eigenvalue weighted by atomic mass is 32.2. The lowest BCUT2D eigenvalue weighted by Crippen LogP contribution is -2.56. The van der Waals surface area contributed by atoms with Gasteiger partial charge >= 0.3 is 12.1 Å². The first-order chi connectivity index (χ1) is 19.8. The number of hydrogen-bond donors (Lipinski definition) is 2. The van der Waals surface area contributed by atoms with Gasteiger partial charge in [-0.05, 0) is 37.7 Å². The molecule has 0 radical (unpaired) electrons. The largest absolute Gasteiger partial charge is 0.481 e. The van der Waals surface area contributed by atoms with Crippen molar-refractivity contribution in [3.8, 4) is 17.3 Å². The Balaban J connectivity index is 1.52. The highest BCUT2D eigenvalue weighted by Gasteiger charge is 2.31. The maximum atomic E-state index is 13.5. The molecule has 2 aliphatic rings. The Kier molecular flexibility index (Phi) is 10.8. The van der Waals surface area contributed by atoms with E-state index in [1.807, 2.05) is 42.1 Å². The first-order valence-corrected chi connectivity index (χ1v) is 14.9. The van der Waals surface area contributed by atoms with Crippen molar-refractivity contribution >= 4 is 35.6 Å². The summed E-state index contributed by atoms with van der Waals surface area (Å²) >= 11 is 1.87. The standard InChI is InChI=1S/C28H35N5O7S/c1-2-39-28(38)33-14-12-32(13-15-33)27(37)21(8-9-24(34)35)30-26(36)22-18-23(40-20-10-16-41-17-11-20)31-25(29-22)19-6-4-3-5-7-19/h3-7,18,20-21H,2,8-17H2,1H3,(H,30,36)(H,34,35)/t21-/m0/s1. The molecule has 13 heteroatoms. The summed E-state index contributed by atoms with van der Waals surface area (Å²) in [7, 11) is 0. The Bertz CT molecular complexity index is 1220. The molecule has 3 amide bonds. The molecule has 0 saturated carbocycles. The van der Waals surface area contributed by atoms with Crippen LogP contribution in [0.2, 0.25) is 0 Å². The number of carbonyl (C=O) groups is 4. The van der Waals surface area contributed by atoms with Crippen molar-refractivity contribution in [1.29, 1.82) is 0 Å². The van der Waals surface area contributed by atoms with E-state index < -0.39 is 29.9 Å². The van der Waals surface area contributed by atoms with Crippen LogP contribution in [0.25, 0.3) is 11.4 Å². The highest BCUT2D eigenvalue weighted by molar-refractivity contribution is 7.99. The van der Waals surface area contributed by atoms with Gasteiger partial charge in [-0.15, -0.1) is 0 Å². The third-order valence-electron chi connectivity index (χ3n) is 6.79. The Morgan fingerprint density at radius 2 is 1.73 bits per heavy atom. The SMILES string of the molecule is CCOC(=O)N1CCN(C(=O)[C@H](CCC(=O)O)NC(=O)c2cc(OC3CCSCC3)nc(-c3ccccc3)n2)CC1. The molecule has 220 valence electrons. The van der Waals surface area contributed by atoms with Crippen molar-refractivity contribution in [1.82, 2.24) is 25.1 Å². The number of aliphatic carboxylic acids is 1. The Morgan fingerprint density at radius 1 is 1.05 bits per heavy atom. The zero-order valence-electron chi connectivity index (χ0n) is 23.0. The normalized spacial score (nSPS) is 16.5. The molecule has 41 heavy (non-hydrogen) atoms. The summed E-state index contributed by atoms with van der Waals surface area (Å²) in [6, 6.07) is 9.56. The van der Waals surface area contributed by atoms with E-state index in [1.165, 1.54) is 15.9 Å². The highest BCUT2D eigenvalue weighted by Crippen LogP contribution is 2.24. The fraction of sp³-hybridized carbons (Fsp3) is 0.500. The topological polar surface area (TPSA) is 151 Å². The van der Waals surface area contributed by atoms with Crippen molar-refractivity contribution < 1.29 is 33.8 Å². The fourth-order valence-corrected chi connectivity index (χ4v) is 5.65. The van der Waals surface area contributed by atoms with E-state index in [1.54, 1.807) is 6.92 Å². The van der Waals surface area contributed by atoms with Gasteiger partial charge in [0.1, 0.15) is 17.8 Å². The van der Waals surface area contributed by atoms with Crippen LogP contribution in [0.1, 0.15) is 43.1 Å². The van der Waals surface area contributed by atoms with Crippen LogP contribution in [0.4, 0.5) is 4.79 Å². The predicted octanol–water partition coefficient (Wildman–Crippen LogP) is 2.68. The minimum atomic E-state index is -1.09. The lowest BCUT2D eigenvalue weighted by molar-refractivity contribution is -0.138. The second-order valence-corrected chi connectivity index (χ2v) is 10.9. The van der Waals surface area contributed by atoms with Crippen LogP contribution < -0.4 is 10.1 Å². The van der Waals surface area contributed by atoms with Crippen LogP contribution in [0, 0.1) is 0 Å². The third-order valence-corrected chi connectivity index (χ3v) is 7.84. The number of rotatable bonds is 10. The summed E-state index contributed by atoms with van der Waals surface area (Å²) < 4.78 is 11.2. The van der Waals surface area contributed by atoms with E-state index in [-0.39, 0.29) is 63.3 Å². The summed E-state index contributed by atoms with van der Waals surface area (Å²) in [5.74, 6) is 0.399. The van der Waals surface area contributed by atoms with E-state index in [0.717, 1.165) is 24.3 Å². The van der Waals surface area contributed by atoms with E-state index in [2.05, 4.69) is 15.3 Å². The van der Waals surface area contributed by atoms with Gasteiger partial charge in [0.2, 0.25) is 11.8 Å². The van der Waals surface area contributed by atoms with Crippen LogP contribution in [0.15, 0.2) is 36.4 Å². The number of nitrogens with one attached hydrogen (secondary N) is 1. The minimum Gasteiger partial charge on any atom is -0.481 e. The number of thioether (sulfide) groups is 1. The average molecular weight is 586 g/mol. The van der Waals surface area contributed by atoms with Crippen molar-refractivity contribution in [3.05, 3.63) is 42.1 Å². The van der Waals surface area contributed by atoms with E-state index >= 15 is 0 Å². The summed E-state index contributed by atoms with van der Waals surface area (Å²) in [6.45, 7) is 3.00. The van der Waals surface area contributed by atoms with Gasteiger partial charge in [0, 0.05) is 44.2 Å². The number of benzene rings is 1. The lowest BCUT2D eigenvalue weighted by Gasteiger charge is -2.35. The number of carboxylic acids is 1. The number of ether oxygens (including phenoxy) is 2. The minimum absolute atomic E-state index is 0.0132. The van der Waals surface area contributed by atoms with Crippen LogP contribution in [-0.2, 0) is 14.3 Å². The third kappa shape index (κ3) is 8.56. The molecule has 1 atom stereocenters. The first kappa shape index (κ1) is 30.1. The quantitative estimate of drug-likeness (QED) is 0.426. The zero-order valence-corrected chi connectivity index (χ0v) is 23.8. The molecule has 0 aliphatic carbocycles. The molecule has 2 aliphatic heterocycles. The number of carboxylic acid groups (broad SMARTS) is 1. The van der Waals surface area contributed by atoms with Crippen LogP contribution in [-0.4, -0.2) is 105 Å². The summed E-state index contributed by atoms with van der Waals surface area (Å²) in [4.78, 5) is 62.3. The molecule has 3 heterocycles. The molecule has 2 saturated heterocycles. The van der Waals surface area contributed by atoms with Gasteiger partial charge in [-0.3, -0.25) is 14.4 Å². The Morgan fingerprint density at radius 3 is 2.39 bits per heavy atom. The number of hydrogen-bond acceptors (Lipinski definition) is 9. The molecule has 0 unspecified atom stereocenters. The zero-order chi connectivity index (χ0) is 29.2. The second kappa shape index (κ2) is 14.7.